The molecule has 7 nitrogen and oxygen atoms in total. The number of furan rings is 1. The van der Waals surface area contributed by atoms with E-state index in [-0.39, 0.29) is 18.1 Å². The van der Waals surface area contributed by atoms with Gasteiger partial charge in [-0.3, -0.25) is 9.59 Å². The molecule has 0 atom stereocenters. The minimum atomic E-state index is -0.573. The molecule has 1 aromatic heterocycles. The highest BCUT2D eigenvalue weighted by Crippen LogP contribution is 2.15. The summed E-state index contributed by atoms with van der Waals surface area (Å²) in [5, 5.41) is 2.48. The van der Waals surface area contributed by atoms with E-state index in [4.69, 9.17) is 4.42 Å². The predicted molar refractivity (Wildman–Crippen MR) is 82.0 cm³/mol. The molecule has 0 bridgehead atoms. The van der Waals surface area contributed by atoms with Crippen LogP contribution in [0.4, 0.5) is 4.79 Å². The van der Waals surface area contributed by atoms with Crippen LogP contribution in [0.3, 0.4) is 0 Å². The number of imide groups is 1. The van der Waals surface area contributed by atoms with Crippen LogP contribution in [0.25, 0.3) is 6.08 Å². The number of urea groups is 1. The summed E-state index contributed by atoms with van der Waals surface area (Å²) < 4.78 is 5.13. The fourth-order valence-electron chi connectivity index (χ4n) is 2.79. The number of hydrogen-bond donors (Lipinski definition) is 1. The molecular formula is C16H19N3O4. The average molecular weight is 317 g/mol. The van der Waals surface area contributed by atoms with E-state index in [2.05, 4.69) is 5.32 Å². The minimum Gasteiger partial charge on any atom is -0.465 e. The van der Waals surface area contributed by atoms with Gasteiger partial charge in [0.05, 0.1) is 6.26 Å². The molecule has 1 N–H and O–H groups in total. The predicted octanol–water partition coefficient (Wildman–Crippen LogP) is 1.57. The summed E-state index contributed by atoms with van der Waals surface area (Å²) in [6.07, 6.45) is 7.10. The molecule has 2 saturated heterocycles. The molecule has 122 valence electrons. The van der Waals surface area contributed by atoms with Crippen molar-refractivity contribution >= 4 is 23.9 Å². The SMILES string of the molecule is O=C(CN1C(=O)N/C(=C\c2ccco2)C1=O)N1CCCCCC1. The number of amides is 4. The van der Waals surface area contributed by atoms with Gasteiger partial charge in [0.1, 0.15) is 18.0 Å². The van der Waals surface area contributed by atoms with Crippen LogP contribution in [0, 0.1) is 0 Å². The van der Waals surface area contributed by atoms with E-state index in [0.29, 0.717) is 18.8 Å². The molecule has 4 amide bonds. The van der Waals surface area contributed by atoms with Crippen LogP contribution in [0.5, 0.6) is 0 Å². The van der Waals surface area contributed by atoms with Gasteiger partial charge >= 0.3 is 6.03 Å². The highest BCUT2D eigenvalue weighted by Gasteiger charge is 2.36. The zero-order valence-electron chi connectivity index (χ0n) is 12.8. The molecule has 2 fully saturated rings. The maximum Gasteiger partial charge on any atom is 0.329 e. The van der Waals surface area contributed by atoms with Crippen molar-refractivity contribution in [2.45, 2.75) is 25.7 Å². The van der Waals surface area contributed by atoms with E-state index < -0.39 is 11.9 Å². The second-order valence-corrected chi connectivity index (χ2v) is 5.69. The number of hydrogen-bond acceptors (Lipinski definition) is 4. The van der Waals surface area contributed by atoms with Gasteiger partial charge in [0.25, 0.3) is 5.91 Å². The Morgan fingerprint density at radius 1 is 1.22 bits per heavy atom. The summed E-state index contributed by atoms with van der Waals surface area (Å²) in [5.41, 5.74) is 0.119. The van der Waals surface area contributed by atoms with Gasteiger partial charge in [-0.2, -0.15) is 0 Å². The van der Waals surface area contributed by atoms with Crippen molar-refractivity contribution in [2.75, 3.05) is 19.6 Å². The second-order valence-electron chi connectivity index (χ2n) is 5.69. The Hall–Kier alpha value is -2.57. The topological polar surface area (TPSA) is 82.9 Å². The Kier molecular flexibility index (Phi) is 4.45. The average Bonchev–Trinajstić information content (AvgIpc) is 3.01. The van der Waals surface area contributed by atoms with Crippen molar-refractivity contribution in [3.63, 3.8) is 0 Å². The molecule has 0 spiro atoms. The summed E-state index contributed by atoms with van der Waals surface area (Å²) in [5.74, 6) is -0.224. The lowest BCUT2D eigenvalue weighted by Crippen LogP contribution is -2.43. The van der Waals surface area contributed by atoms with Gasteiger partial charge in [-0.1, -0.05) is 12.8 Å². The molecule has 1 aromatic rings. The largest absolute Gasteiger partial charge is 0.465 e. The molecule has 7 heteroatoms. The van der Waals surface area contributed by atoms with Gasteiger partial charge in [0.2, 0.25) is 5.91 Å². The van der Waals surface area contributed by atoms with E-state index in [9.17, 15) is 14.4 Å². The first-order valence-electron chi connectivity index (χ1n) is 7.81. The Morgan fingerprint density at radius 3 is 2.61 bits per heavy atom. The standard InChI is InChI=1S/C16H19N3O4/c20-14(18-7-3-1-2-4-8-18)11-19-15(21)13(17-16(19)22)10-12-6-5-9-23-12/h5-6,9-10H,1-4,7-8,11H2,(H,17,22)/b13-10-. The molecule has 0 aliphatic carbocycles. The van der Waals surface area contributed by atoms with Crippen LogP contribution in [0.1, 0.15) is 31.4 Å². The number of nitrogens with zero attached hydrogens (tertiary/aromatic N) is 2. The summed E-state index contributed by atoms with van der Waals surface area (Å²) in [6, 6.07) is 2.79. The van der Waals surface area contributed by atoms with Gasteiger partial charge in [0, 0.05) is 19.2 Å². The van der Waals surface area contributed by atoms with Gasteiger partial charge < -0.3 is 14.6 Å². The Bertz CT molecular complexity index is 628. The van der Waals surface area contributed by atoms with Crippen molar-refractivity contribution in [1.82, 2.24) is 15.1 Å². The van der Waals surface area contributed by atoms with Crippen LogP contribution >= 0.6 is 0 Å². The molecule has 0 unspecified atom stereocenters. The maximum atomic E-state index is 12.3. The molecule has 3 heterocycles. The van der Waals surface area contributed by atoms with E-state index in [1.165, 1.54) is 12.3 Å². The van der Waals surface area contributed by atoms with Gasteiger partial charge in [0.15, 0.2) is 0 Å². The molecule has 3 rings (SSSR count). The van der Waals surface area contributed by atoms with E-state index in [0.717, 1.165) is 30.6 Å². The number of carbonyl (C=O) groups is 3. The van der Waals surface area contributed by atoms with Crippen molar-refractivity contribution in [3.8, 4) is 0 Å². The van der Waals surface area contributed by atoms with Gasteiger partial charge in [-0.15, -0.1) is 0 Å². The van der Waals surface area contributed by atoms with Crippen molar-refractivity contribution < 1.29 is 18.8 Å². The zero-order chi connectivity index (χ0) is 16.2. The first-order valence-corrected chi connectivity index (χ1v) is 7.81. The smallest absolute Gasteiger partial charge is 0.329 e. The lowest BCUT2D eigenvalue weighted by Gasteiger charge is -2.22. The van der Waals surface area contributed by atoms with Crippen LogP contribution in [-0.2, 0) is 9.59 Å². The third-order valence-corrected chi connectivity index (χ3v) is 4.04. The lowest BCUT2D eigenvalue weighted by atomic mass is 10.2. The molecule has 23 heavy (non-hydrogen) atoms. The van der Waals surface area contributed by atoms with Crippen molar-refractivity contribution in [1.29, 1.82) is 0 Å². The Labute approximate surface area is 133 Å². The van der Waals surface area contributed by atoms with Crippen molar-refractivity contribution in [3.05, 3.63) is 29.9 Å². The summed E-state index contributed by atoms with van der Waals surface area (Å²) >= 11 is 0. The summed E-state index contributed by atoms with van der Waals surface area (Å²) in [7, 11) is 0. The van der Waals surface area contributed by atoms with Crippen LogP contribution < -0.4 is 5.32 Å². The molecule has 0 radical (unpaired) electrons. The van der Waals surface area contributed by atoms with E-state index in [1.807, 2.05) is 0 Å². The number of carbonyl (C=O) groups excluding carboxylic acids is 3. The first-order chi connectivity index (χ1) is 11.1. The van der Waals surface area contributed by atoms with E-state index in [1.54, 1.807) is 17.0 Å². The quantitative estimate of drug-likeness (QED) is 0.677. The van der Waals surface area contributed by atoms with Gasteiger partial charge in [-0.25, -0.2) is 9.69 Å². The van der Waals surface area contributed by atoms with Crippen molar-refractivity contribution in [2.24, 2.45) is 0 Å². The number of nitrogens with one attached hydrogen (secondary N) is 1. The Balaban J connectivity index is 1.67. The number of rotatable bonds is 3. The van der Waals surface area contributed by atoms with Crippen LogP contribution in [0.2, 0.25) is 0 Å². The highest BCUT2D eigenvalue weighted by molar-refractivity contribution is 6.15. The monoisotopic (exact) mass is 317 g/mol. The lowest BCUT2D eigenvalue weighted by molar-refractivity contribution is -0.135. The number of likely N-dealkylation sites (tertiary alicyclic amines) is 1. The van der Waals surface area contributed by atoms with Gasteiger partial charge in [-0.05, 0) is 25.0 Å². The molecule has 2 aliphatic heterocycles. The molecule has 0 saturated carbocycles. The fourth-order valence-corrected chi connectivity index (χ4v) is 2.79. The molecule has 0 aromatic carbocycles. The maximum absolute atomic E-state index is 12.3. The first kappa shape index (κ1) is 15.3. The summed E-state index contributed by atoms with van der Waals surface area (Å²) in [6.45, 7) is 1.16. The Morgan fingerprint density at radius 2 is 1.96 bits per heavy atom. The molecule has 2 aliphatic rings. The fraction of sp³-hybridized carbons (Fsp3) is 0.438. The minimum absolute atomic E-state index is 0.119. The third-order valence-electron chi connectivity index (χ3n) is 4.04. The highest BCUT2D eigenvalue weighted by atomic mass is 16.3. The van der Waals surface area contributed by atoms with Crippen LogP contribution in [-0.4, -0.2) is 47.3 Å². The third kappa shape index (κ3) is 3.44. The second kappa shape index (κ2) is 6.68. The van der Waals surface area contributed by atoms with E-state index >= 15 is 0 Å². The summed E-state index contributed by atoms with van der Waals surface area (Å²) in [4.78, 5) is 39.3. The normalized spacial score (nSPS) is 20.8. The zero-order valence-corrected chi connectivity index (χ0v) is 12.8. The van der Waals surface area contributed by atoms with Crippen LogP contribution in [0.15, 0.2) is 28.5 Å². The molecular weight excluding hydrogens is 298 g/mol.